The number of phenolic OH excluding ortho intramolecular Hbond substituents is 1. The van der Waals surface area contributed by atoms with Crippen LogP contribution < -0.4 is 5.32 Å². The van der Waals surface area contributed by atoms with Gasteiger partial charge in [0.2, 0.25) is 0 Å². The first-order valence-electron chi connectivity index (χ1n) is 5.45. The maximum absolute atomic E-state index is 9.85. The van der Waals surface area contributed by atoms with Crippen molar-refractivity contribution >= 4 is 31.9 Å². The molecule has 0 saturated heterocycles. The van der Waals surface area contributed by atoms with Crippen molar-refractivity contribution < 1.29 is 5.11 Å². The van der Waals surface area contributed by atoms with Crippen molar-refractivity contribution in [2.45, 2.75) is 19.9 Å². The Kier molecular flexibility index (Phi) is 3.93. The van der Waals surface area contributed by atoms with Crippen molar-refractivity contribution in [2.75, 3.05) is 6.54 Å². The molecule has 2 unspecified atom stereocenters. The molecule has 0 aromatic heterocycles. The summed E-state index contributed by atoms with van der Waals surface area (Å²) in [5, 5.41) is 13.2. The molecule has 0 spiro atoms. The Morgan fingerprint density at radius 3 is 2.75 bits per heavy atom. The Labute approximate surface area is 113 Å². The molecule has 0 amide bonds. The number of nitrogens with one attached hydrogen (secondary N) is 1. The van der Waals surface area contributed by atoms with Gasteiger partial charge in [0.05, 0.1) is 4.47 Å². The molecular weight excluding hydrogens is 334 g/mol. The summed E-state index contributed by atoms with van der Waals surface area (Å²) in [6, 6.07) is 3.80. The minimum atomic E-state index is 0.333. The van der Waals surface area contributed by atoms with Crippen LogP contribution in [0.1, 0.15) is 18.9 Å². The first-order chi connectivity index (χ1) is 7.58. The summed E-state index contributed by atoms with van der Waals surface area (Å²) < 4.78 is 1.72. The molecule has 1 aliphatic rings. The highest BCUT2D eigenvalue weighted by Crippen LogP contribution is 2.37. The van der Waals surface area contributed by atoms with E-state index < -0.39 is 0 Å². The van der Waals surface area contributed by atoms with Crippen LogP contribution in [0, 0.1) is 11.8 Å². The third-order valence-corrected chi connectivity index (χ3v) is 4.17. The van der Waals surface area contributed by atoms with Gasteiger partial charge in [0.25, 0.3) is 0 Å². The number of benzene rings is 1. The number of rotatable bonds is 4. The minimum Gasteiger partial charge on any atom is -0.506 e. The summed E-state index contributed by atoms with van der Waals surface area (Å²) in [5.41, 5.74) is 0.926. The maximum Gasteiger partial charge on any atom is 0.134 e. The van der Waals surface area contributed by atoms with E-state index >= 15 is 0 Å². The summed E-state index contributed by atoms with van der Waals surface area (Å²) in [5.74, 6) is 2.03. The minimum absolute atomic E-state index is 0.333. The second kappa shape index (κ2) is 5.07. The lowest BCUT2D eigenvalue weighted by atomic mass is 10.2. The number of hydrogen-bond acceptors (Lipinski definition) is 2. The van der Waals surface area contributed by atoms with Crippen LogP contribution in [-0.4, -0.2) is 11.7 Å². The quantitative estimate of drug-likeness (QED) is 0.870. The summed E-state index contributed by atoms with van der Waals surface area (Å²) in [6.45, 7) is 4.04. The molecule has 1 saturated carbocycles. The molecule has 0 radical (unpaired) electrons. The Bertz CT molecular complexity index is 395. The molecule has 1 fully saturated rings. The Balaban J connectivity index is 1.93. The second-order valence-corrected chi connectivity index (χ2v) is 6.27. The lowest BCUT2D eigenvalue weighted by Crippen LogP contribution is -2.16. The van der Waals surface area contributed by atoms with E-state index in [0.29, 0.717) is 12.3 Å². The van der Waals surface area contributed by atoms with Crippen molar-refractivity contribution in [2.24, 2.45) is 11.8 Å². The van der Waals surface area contributed by atoms with Gasteiger partial charge in [-0.05, 0) is 52.9 Å². The van der Waals surface area contributed by atoms with Gasteiger partial charge in [-0.15, -0.1) is 0 Å². The normalized spacial score (nSPS) is 23.4. The topological polar surface area (TPSA) is 32.3 Å². The number of halogens is 2. The van der Waals surface area contributed by atoms with E-state index in [0.717, 1.165) is 32.9 Å². The first kappa shape index (κ1) is 12.4. The number of phenols is 1. The zero-order valence-corrected chi connectivity index (χ0v) is 12.3. The van der Waals surface area contributed by atoms with Crippen molar-refractivity contribution in [1.29, 1.82) is 0 Å². The SMILES string of the molecule is CC1CC1CNCc1cc(Br)cc(Br)c1O. The molecule has 0 heterocycles. The molecule has 1 aromatic rings. The third-order valence-electron chi connectivity index (χ3n) is 3.11. The van der Waals surface area contributed by atoms with Crippen LogP contribution in [0.2, 0.25) is 0 Å². The molecule has 1 aromatic carbocycles. The van der Waals surface area contributed by atoms with Crippen LogP contribution >= 0.6 is 31.9 Å². The molecular formula is C12H15Br2NO. The van der Waals surface area contributed by atoms with Gasteiger partial charge in [0.15, 0.2) is 0 Å². The maximum atomic E-state index is 9.85. The molecule has 2 nitrogen and oxygen atoms in total. The van der Waals surface area contributed by atoms with Crippen molar-refractivity contribution in [3.05, 3.63) is 26.6 Å². The van der Waals surface area contributed by atoms with E-state index in [1.54, 1.807) is 0 Å². The van der Waals surface area contributed by atoms with Crippen molar-refractivity contribution in [1.82, 2.24) is 5.32 Å². The van der Waals surface area contributed by atoms with Gasteiger partial charge in [0, 0.05) is 16.6 Å². The Morgan fingerprint density at radius 1 is 1.44 bits per heavy atom. The monoisotopic (exact) mass is 347 g/mol. The zero-order valence-electron chi connectivity index (χ0n) is 9.13. The molecule has 16 heavy (non-hydrogen) atoms. The summed E-state index contributed by atoms with van der Waals surface area (Å²) in [6.07, 6.45) is 1.33. The summed E-state index contributed by atoms with van der Waals surface area (Å²) >= 11 is 6.75. The van der Waals surface area contributed by atoms with E-state index in [2.05, 4.69) is 44.1 Å². The van der Waals surface area contributed by atoms with Crippen LogP contribution in [0.4, 0.5) is 0 Å². The number of aromatic hydroxyl groups is 1. The highest BCUT2D eigenvalue weighted by molar-refractivity contribution is 9.11. The van der Waals surface area contributed by atoms with Crippen molar-refractivity contribution in [3.63, 3.8) is 0 Å². The standard InChI is InChI=1S/C12H15Br2NO/c1-7-2-8(7)5-15-6-9-3-10(13)4-11(14)12(9)16/h3-4,7-8,15-16H,2,5-6H2,1H3. The average molecular weight is 349 g/mol. The lowest BCUT2D eigenvalue weighted by molar-refractivity contribution is 0.460. The Morgan fingerprint density at radius 2 is 2.12 bits per heavy atom. The van der Waals surface area contributed by atoms with Crippen LogP contribution in [-0.2, 0) is 6.54 Å². The lowest BCUT2D eigenvalue weighted by Gasteiger charge is -2.08. The predicted molar refractivity (Wildman–Crippen MR) is 72.5 cm³/mol. The van der Waals surface area contributed by atoms with Gasteiger partial charge in [-0.2, -0.15) is 0 Å². The van der Waals surface area contributed by atoms with Crippen molar-refractivity contribution in [3.8, 4) is 5.75 Å². The predicted octanol–water partition coefficient (Wildman–Crippen LogP) is 3.66. The smallest absolute Gasteiger partial charge is 0.134 e. The van der Waals surface area contributed by atoms with E-state index in [1.165, 1.54) is 6.42 Å². The van der Waals surface area contributed by atoms with E-state index in [-0.39, 0.29) is 0 Å². The molecule has 2 rings (SSSR count). The van der Waals surface area contributed by atoms with Gasteiger partial charge in [-0.1, -0.05) is 22.9 Å². The van der Waals surface area contributed by atoms with Gasteiger partial charge in [-0.3, -0.25) is 0 Å². The molecule has 88 valence electrons. The molecule has 2 atom stereocenters. The fourth-order valence-electron chi connectivity index (χ4n) is 1.83. The van der Waals surface area contributed by atoms with Crippen LogP contribution in [0.25, 0.3) is 0 Å². The third kappa shape index (κ3) is 2.99. The summed E-state index contributed by atoms with van der Waals surface area (Å²) in [4.78, 5) is 0. The van der Waals surface area contributed by atoms with Gasteiger partial charge in [-0.25, -0.2) is 0 Å². The molecule has 4 heteroatoms. The molecule has 2 N–H and O–H groups in total. The first-order valence-corrected chi connectivity index (χ1v) is 7.04. The highest BCUT2D eigenvalue weighted by Gasteiger charge is 2.31. The molecule has 0 aliphatic heterocycles. The van der Waals surface area contributed by atoms with Gasteiger partial charge < -0.3 is 10.4 Å². The second-order valence-electron chi connectivity index (χ2n) is 4.50. The van der Waals surface area contributed by atoms with E-state index in [9.17, 15) is 5.11 Å². The van der Waals surface area contributed by atoms with E-state index in [1.807, 2.05) is 12.1 Å². The van der Waals surface area contributed by atoms with E-state index in [4.69, 9.17) is 0 Å². The zero-order chi connectivity index (χ0) is 11.7. The fourth-order valence-corrected chi connectivity index (χ4v) is 3.14. The van der Waals surface area contributed by atoms with Crippen LogP contribution in [0.3, 0.4) is 0 Å². The Hall–Kier alpha value is -0.0600. The number of hydrogen-bond donors (Lipinski definition) is 2. The van der Waals surface area contributed by atoms with Crippen LogP contribution in [0.15, 0.2) is 21.1 Å². The highest BCUT2D eigenvalue weighted by atomic mass is 79.9. The van der Waals surface area contributed by atoms with Gasteiger partial charge >= 0.3 is 0 Å². The summed E-state index contributed by atoms with van der Waals surface area (Å²) in [7, 11) is 0. The molecule has 1 aliphatic carbocycles. The van der Waals surface area contributed by atoms with Gasteiger partial charge in [0.1, 0.15) is 5.75 Å². The van der Waals surface area contributed by atoms with Crippen LogP contribution in [0.5, 0.6) is 5.75 Å². The largest absolute Gasteiger partial charge is 0.506 e. The average Bonchev–Trinajstić information content (AvgIpc) is 2.90. The fraction of sp³-hybridized carbons (Fsp3) is 0.500. The molecule has 0 bridgehead atoms.